The van der Waals surface area contributed by atoms with Crippen molar-refractivity contribution in [1.82, 2.24) is 4.90 Å². The van der Waals surface area contributed by atoms with Crippen LogP contribution < -0.4 is 10.1 Å². The van der Waals surface area contributed by atoms with Gasteiger partial charge in [-0.15, -0.1) is 0 Å². The Morgan fingerprint density at radius 3 is 2.33 bits per heavy atom. The summed E-state index contributed by atoms with van der Waals surface area (Å²) in [6, 6.07) is 23.1. The molecular weight excluding hydrogens is 436 g/mol. The minimum atomic E-state index is -0.296. The van der Waals surface area contributed by atoms with Gasteiger partial charge in [0.2, 0.25) is 0 Å². The third kappa shape index (κ3) is 6.73. The Morgan fingerprint density at radius 1 is 1.00 bits per heavy atom. The summed E-state index contributed by atoms with van der Waals surface area (Å²) in [7, 11) is 1.40. The van der Waals surface area contributed by atoms with Crippen LogP contribution in [0.2, 0.25) is 5.02 Å². The molecular formula is C27H29ClN2O3. The summed E-state index contributed by atoms with van der Waals surface area (Å²) < 4.78 is 10.6. The molecule has 1 saturated heterocycles. The predicted octanol–water partition coefficient (Wildman–Crippen LogP) is 6.24. The Bertz CT molecular complexity index is 1040. The van der Waals surface area contributed by atoms with E-state index in [1.54, 1.807) is 0 Å². The zero-order valence-electron chi connectivity index (χ0n) is 18.8. The molecule has 1 aliphatic heterocycles. The third-order valence-electron chi connectivity index (χ3n) is 5.88. The molecule has 33 heavy (non-hydrogen) atoms. The van der Waals surface area contributed by atoms with Crippen LogP contribution in [0.5, 0.6) is 11.5 Å². The quantitative estimate of drug-likeness (QED) is 0.400. The van der Waals surface area contributed by atoms with Crippen molar-refractivity contribution in [2.24, 2.45) is 5.92 Å². The van der Waals surface area contributed by atoms with Gasteiger partial charge in [0.05, 0.1) is 12.7 Å². The SMILES string of the molecule is COC(=O)c1ccc(CN2CCC[C@H](CNc3ccc(Oc4ccc(Cl)cc4)cc3)C2)cc1. The number of hydrogen-bond donors (Lipinski definition) is 1. The van der Waals surface area contributed by atoms with E-state index in [-0.39, 0.29) is 5.97 Å². The smallest absolute Gasteiger partial charge is 0.337 e. The first kappa shape index (κ1) is 23.1. The lowest BCUT2D eigenvalue weighted by molar-refractivity contribution is 0.0600. The molecule has 3 aromatic rings. The minimum Gasteiger partial charge on any atom is -0.465 e. The van der Waals surface area contributed by atoms with Gasteiger partial charge in [0.1, 0.15) is 11.5 Å². The molecule has 1 N–H and O–H groups in total. The molecule has 0 radical (unpaired) electrons. The van der Waals surface area contributed by atoms with Crippen LogP contribution in [-0.2, 0) is 11.3 Å². The molecule has 0 saturated carbocycles. The van der Waals surface area contributed by atoms with E-state index >= 15 is 0 Å². The molecule has 0 bridgehead atoms. The number of carbonyl (C=O) groups is 1. The van der Waals surface area contributed by atoms with Crippen molar-refractivity contribution in [3.05, 3.63) is 88.9 Å². The monoisotopic (exact) mass is 464 g/mol. The highest BCUT2D eigenvalue weighted by Gasteiger charge is 2.20. The van der Waals surface area contributed by atoms with Gasteiger partial charge in [-0.25, -0.2) is 4.79 Å². The average Bonchev–Trinajstić information content (AvgIpc) is 2.85. The number of ether oxygens (including phenoxy) is 2. The van der Waals surface area contributed by atoms with Gasteiger partial charge < -0.3 is 14.8 Å². The number of likely N-dealkylation sites (tertiary alicyclic amines) is 1. The Morgan fingerprint density at radius 2 is 1.67 bits per heavy atom. The number of hydrogen-bond acceptors (Lipinski definition) is 5. The highest BCUT2D eigenvalue weighted by molar-refractivity contribution is 6.30. The molecule has 1 fully saturated rings. The van der Waals surface area contributed by atoms with Crippen LogP contribution in [0.25, 0.3) is 0 Å². The number of halogens is 1. The summed E-state index contributed by atoms with van der Waals surface area (Å²) in [5, 5.41) is 4.27. The van der Waals surface area contributed by atoms with E-state index in [2.05, 4.69) is 22.3 Å². The van der Waals surface area contributed by atoms with Crippen LogP contribution in [0.4, 0.5) is 5.69 Å². The zero-order valence-corrected chi connectivity index (χ0v) is 19.6. The van der Waals surface area contributed by atoms with Gasteiger partial charge in [0.25, 0.3) is 0 Å². The first-order chi connectivity index (χ1) is 16.1. The van der Waals surface area contributed by atoms with Crippen molar-refractivity contribution >= 4 is 23.3 Å². The Labute approximate surface area is 200 Å². The van der Waals surface area contributed by atoms with E-state index in [9.17, 15) is 4.79 Å². The molecule has 1 heterocycles. The highest BCUT2D eigenvalue weighted by Crippen LogP contribution is 2.25. The Balaban J connectivity index is 1.24. The highest BCUT2D eigenvalue weighted by atomic mass is 35.5. The van der Waals surface area contributed by atoms with Crippen LogP contribution in [0.15, 0.2) is 72.8 Å². The van der Waals surface area contributed by atoms with Gasteiger partial charge in [0.15, 0.2) is 0 Å². The lowest BCUT2D eigenvalue weighted by Crippen LogP contribution is -2.37. The number of nitrogens with zero attached hydrogens (tertiary/aromatic N) is 1. The fraction of sp³-hybridized carbons (Fsp3) is 0.296. The summed E-state index contributed by atoms with van der Waals surface area (Å²) >= 11 is 5.92. The van der Waals surface area contributed by atoms with E-state index in [4.69, 9.17) is 21.1 Å². The molecule has 0 unspecified atom stereocenters. The maximum absolute atomic E-state index is 11.6. The van der Waals surface area contributed by atoms with Gasteiger partial charge in [-0.2, -0.15) is 0 Å². The number of nitrogens with one attached hydrogen (secondary N) is 1. The van der Waals surface area contributed by atoms with Gasteiger partial charge in [0, 0.05) is 30.3 Å². The number of anilines is 1. The van der Waals surface area contributed by atoms with Crippen LogP contribution in [-0.4, -0.2) is 37.6 Å². The number of rotatable bonds is 8. The summed E-state index contributed by atoms with van der Waals surface area (Å²) in [6.45, 7) is 4.00. The maximum atomic E-state index is 11.6. The van der Waals surface area contributed by atoms with Crippen molar-refractivity contribution < 1.29 is 14.3 Å². The van der Waals surface area contributed by atoms with E-state index < -0.39 is 0 Å². The van der Waals surface area contributed by atoms with Crippen molar-refractivity contribution in [3.63, 3.8) is 0 Å². The molecule has 1 atom stereocenters. The lowest BCUT2D eigenvalue weighted by atomic mass is 9.97. The molecule has 0 spiro atoms. The number of benzene rings is 3. The van der Waals surface area contributed by atoms with Gasteiger partial charge in [-0.3, -0.25) is 4.90 Å². The fourth-order valence-electron chi connectivity index (χ4n) is 4.13. The van der Waals surface area contributed by atoms with E-state index in [0.717, 1.165) is 43.4 Å². The second kappa shape index (κ2) is 11.2. The molecule has 6 heteroatoms. The van der Waals surface area contributed by atoms with Crippen LogP contribution >= 0.6 is 11.6 Å². The van der Waals surface area contributed by atoms with E-state index in [1.807, 2.05) is 60.7 Å². The molecule has 1 aliphatic rings. The van der Waals surface area contributed by atoms with Crippen molar-refractivity contribution in [2.75, 3.05) is 32.1 Å². The third-order valence-corrected chi connectivity index (χ3v) is 6.13. The molecule has 5 nitrogen and oxygen atoms in total. The number of methoxy groups -OCH3 is 1. The van der Waals surface area contributed by atoms with Gasteiger partial charge in [-0.05, 0) is 91.5 Å². The molecule has 4 rings (SSSR count). The Kier molecular flexibility index (Phi) is 7.87. The van der Waals surface area contributed by atoms with Gasteiger partial charge >= 0.3 is 5.97 Å². The van der Waals surface area contributed by atoms with Crippen molar-refractivity contribution in [3.8, 4) is 11.5 Å². The number of esters is 1. The second-order valence-electron chi connectivity index (χ2n) is 8.39. The normalized spacial score (nSPS) is 16.2. The van der Waals surface area contributed by atoms with Crippen molar-refractivity contribution in [1.29, 1.82) is 0 Å². The van der Waals surface area contributed by atoms with Crippen LogP contribution in [0, 0.1) is 5.92 Å². The minimum absolute atomic E-state index is 0.296. The molecule has 172 valence electrons. The average molecular weight is 465 g/mol. The first-order valence-corrected chi connectivity index (χ1v) is 11.6. The standard InChI is InChI=1S/C27H29ClN2O3/c1-32-27(31)22-6-4-20(5-7-22)18-30-16-2-3-21(19-30)17-29-24-10-14-26(15-11-24)33-25-12-8-23(28)9-13-25/h4-15,21,29H,2-3,16-19H2,1H3/t21-/m1/s1. The summed E-state index contributed by atoms with van der Waals surface area (Å²) in [5.74, 6) is 1.86. The van der Waals surface area contributed by atoms with Crippen LogP contribution in [0.1, 0.15) is 28.8 Å². The predicted molar refractivity (Wildman–Crippen MR) is 132 cm³/mol. The molecule has 0 amide bonds. The molecule has 3 aromatic carbocycles. The molecule has 0 aliphatic carbocycles. The van der Waals surface area contributed by atoms with Crippen LogP contribution in [0.3, 0.4) is 0 Å². The lowest BCUT2D eigenvalue weighted by Gasteiger charge is -2.33. The maximum Gasteiger partial charge on any atom is 0.337 e. The first-order valence-electron chi connectivity index (χ1n) is 11.3. The van der Waals surface area contributed by atoms with Gasteiger partial charge in [-0.1, -0.05) is 23.7 Å². The largest absolute Gasteiger partial charge is 0.465 e. The van der Waals surface area contributed by atoms with E-state index in [1.165, 1.54) is 25.5 Å². The topological polar surface area (TPSA) is 50.8 Å². The summed E-state index contributed by atoms with van der Waals surface area (Å²) in [5.41, 5.74) is 2.90. The number of piperidine rings is 1. The van der Waals surface area contributed by atoms with Crippen molar-refractivity contribution in [2.45, 2.75) is 19.4 Å². The number of carbonyl (C=O) groups excluding carboxylic acids is 1. The van der Waals surface area contributed by atoms with E-state index in [0.29, 0.717) is 16.5 Å². The zero-order chi connectivity index (χ0) is 23.0. The Hall–Kier alpha value is -3.02. The fourth-order valence-corrected chi connectivity index (χ4v) is 4.25. The molecule has 0 aromatic heterocycles. The second-order valence-corrected chi connectivity index (χ2v) is 8.83. The summed E-state index contributed by atoms with van der Waals surface area (Å²) in [4.78, 5) is 14.1. The summed E-state index contributed by atoms with van der Waals surface area (Å²) in [6.07, 6.45) is 2.42.